The first-order valence-corrected chi connectivity index (χ1v) is 17.2. The predicted molar refractivity (Wildman–Crippen MR) is 129 cm³/mol. The minimum absolute atomic E-state index is 0.545. The first kappa shape index (κ1) is 22.8. The Labute approximate surface area is 182 Å². The number of benzene rings is 3. The lowest BCUT2D eigenvalue weighted by atomic mass is 10.4. The summed E-state index contributed by atoms with van der Waals surface area (Å²) in [6, 6.07) is 29.7. The van der Waals surface area contributed by atoms with Crippen LogP contribution in [0.5, 0.6) is 0 Å². The second-order valence-corrected chi connectivity index (χ2v) is 17.0. The van der Waals surface area contributed by atoms with Crippen molar-refractivity contribution in [1.29, 1.82) is 0 Å². The zero-order valence-corrected chi connectivity index (χ0v) is 21.0. The molecule has 0 aliphatic carbocycles. The van der Waals surface area contributed by atoms with Crippen LogP contribution in [0.3, 0.4) is 0 Å². The molecule has 0 saturated heterocycles. The summed E-state index contributed by atoms with van der Waals surface area (Å²) in [6.45, 7) is 8.40. The number of hydrogen-bond donors (Lipinski definition) is 1. The van der Waals surface area contributed by atoms with Crippen LogP contribution in [0.15, 0.2) is 91.0 Å². The van der Waals surface area contributed by atoms with Crippen LogP contribution in [0.4, 0.5) is 0 Å². The van der Waals surface area contributed by atoms with Gasteiger partial charge in [0.2, 0.25) is 0 Å². The molecule has 7 heteroatoms. The first-order chi connectivity index (χ1) is 14.3. The summed E-state index contributed by atoms with van der Waals surface area (Å²) in [7, 11) is -9.07. The van der Waals surface area contributed by atoms with Crippen molar-refractivity contribution < 1.29 is 17.5 Å². The zero-order chi connectivity index (χ0) is 21.7. The van der Waals surface area contributed by atoms with Crippen molar-refractivity contribution in [3.63, 3.8) is 0 Å². The first-order valence-electron chi connectivity index (χ1n) is 10.2. The van der Waals surface area contributed by atoms with Crippen molar-refractivity contribution in [3.8, 4) is 0 Å². The molecular formula is C23H30O4Si3. The summed E-state index contributed by atoms with van der Waals surface area (Å²) in [4.78, 5) is 11.4. The Kier molecular flexibility index (Phi) is 7.25. The van der Waals surface area contributed by atoms with Crippen LogP contribution >= 0.6 is 0 Å². The second kappa shape index (κ2) is 9.53. The molecule has 3 aromatic rings. The number of rotatable bonds is 9. The summed E-state index contributed by atoms with van der Waals surface area (Å²) in [5, 5.41) is 2.84. The van der Waals surface area contributed by atoms with Crippen molar-refractivity contribution in [2.24, 2.45) is 0 Å². The lowest BCUT2D eigenvalue weighted by Crippen LogP contribution is -2.68. The SMILES string of the molecule is CCO[Si](C)(O[Si](C)(O[Si](C)(O)c1ccccc1)c1ccccc1)c1ccccc1. The zero-order valence-electron chi connectivity index (χ0n) is 18.0. The van der Waals surface area contributed by atoms with Gasteiger partial charge in [-0.1, -0.05) is 91.0 Å². The van der Waals surface area contributed by atoms with Crippen LogP contribution < -0.4 is 15.6 Å². The maximum atomic E-state index is 11.4. The molecule has 0 fully saturated rings. The van der Waals surface area contributed by atoms with Crippen molar-refractivity contribution in [2.75, 3.05) is 6.61 Å². The summed E-state index contributed by atoms with van der Waals surface area (Å²) in [6.07, 6.45) is 0. The molecule has 0 aromatic heterocycles. The van der Waals surface area contributed by atoms with Gasteiger partial charge in [0.25, 0.3) is 0 Å². The third-order valence-electron chi connectivity index (χ3n) is 5.11. The highest BCUT2D eigenvalue weighted by atomic mass is 28.5. The maximum absolute atomic E-state index is 11.4. The van der Waals surface area contributed by atoms with Gasteiger partial charge >= 0.3 is 25.7 Å². The highest BCUT2D eigenvalue weighted by Crippen LogP contribution is 2.21. The van der Waals surface area contributed by atoms with Gasteiger partial charge < -0.3 is 17.5 Å². The lowest BCUT2D eigenvalue weighted by Gasteiger charge is -2.40. The third-order valence-corrected chi connectivity index (χ3v) is 16.4. The molecule has 0 bridgehead atoms. The van der Waals surface area contributed by atoms with Crippen LogP contribution in [0.2, 0.25) is 19.6 Å². The molecule has 30 heavy (non-hydrogen) atoms. The normalized spacial score (nSPS) is 17.5. The van der Waals surface area contributed by atoms with Gasteiger partial charge in [0.1, 0.15) is 0 Å². The van der Waals surface area contributed by atoms with E-state index in [-0.39, 0.29) is 0 Å². The van der Waals surface area contributed by atoms with Gasteiger partial charge in [0.15, 0.2) is 0 Å². The second-order valence-electron chi connectivity index (χ2n) is 7.61. The Morgan fingerprint density at radius 3 is 1.43 bits per heavy atom. The highest BCUT2D eigenvalue weighted by molar-refractivity contribution is 6.97. The molecule has 3 atom stereocenters. The Bertz CT molecular complexity index is 925. The average molecular weight is 455 g/mol. The van der Waals surface area contributed by atoms with Crippen molar-refractivity contribution >= 4 is 41.2 Å². The molecule has 3 aromatic carbocycles. The quantitative estimate of drug-likeness (QED) is 0.505. The summed E-state index contributed by atoms with van der Waals surface area (Å²) < 4.78 is 19.8. The van der Waals surface area contributed by atoms with Crippen molar-refractivity contribution in [1.82, 2.24) is 0 Å². The molecule has 0 heterocycles. The molecule has 0 radical (unpaired) electrons. The van der Waals surface area contributed by atoms with E-state index in [1.54, 1.807) is 0 Å². The van der Waals surface area contributed by atoms with E-state index in [4.69, 9.17) is 12.7 Å². The highest BCUT2D eigenvalue weighted by Gasteiger charge is 2.50. The van der Waals surface area contributed by atoms with E-state index in [0.29, 0.717) is 6.61 Å². The third kappa shape index (κ3) is 5.25. The standard InChI is InChI=1S/C23H30O4Si3/c1-5-25-29(3,22-17-11-7-12-18-22)27-30(4,23-19-13-8-14-20-23)26-28(2,24)21-15-9-6-10-16-21/h6-20,24H,5H2,1-4H3. The maximum Gasteiger partial charge on any atom is 0.360 e. The van der Waals surface area contributed by atoms with Crippen molar-refractivity contribution in [2.45, 2.75) is 26.6 Å². The fourth-order valence-corrected chi connectivity index (χ4v) is 15.4. The Morgan fingerprint density at radius 1 is 0.600 bits per heavy atom. The van der Waals surface area contributed by atoms with Crippen LogP contribution in [0.25, 0.3) is 0 Å². The van der Waals surface area contributed by atoms with E-state index < -0.39 is 25.7 Å². The molecule has 4 nitrogen and oxygen atoms in total. The number of hydrogen-bond acceptors (Lipinski definition) is 4. The molecule has 1 N–H and O–H groups in total. The van der Waals surface area contributed by atoms with Gasteiger partial charge in [-0.15, -0.1) is 0 Å². The average Bonchev–Trinajstić information content (AvgIpc) is 2.75. The van der Waals surface area contributed by atoms with Gasteiger partial charge in [-0.2, -0.15) is 0 Å². The molecule has 3 unspecified atom stereocenters. The molecule has 3 rings (SSSR count). The van der Waals surface area contributed by atoms with Crippen LogP contribution in [0.1, 0.15) is 6.92 Å². The lowest BCUT2D eigenvalue weighted by molar-refractivity contribution is 0.244. The molecule has 158 valence electrons. The molecule has 0 spiro atoms. The fourth-order valence-electron chi connectivity index (χ4n) is 3.62. The minimum atomic E-state index is -3.22. The van der Waals surface area contributed by atoms with Crippen LogP contribution in [-0.4, -0.2) is 37.1 Å². The van der Waals surface area contributed by atoms with Gasteiger partial charge in [0.05, 0.1) is 0 Å². The van der Waals surface area contributed by atoms with E-state index in [2.05, 4.69) is 18.7 Å². The topological polar surface area (TPSA) is 47.9 Å². The Hall–Kier alpha value is -1.85. The molecule has 0 aliphatic rings. The fraction of sp³-hybridized carbons (Fsp3) is 0.217. The van der Waals surface area contributed by atoms with Crippen molar-refractivity contribution in [3.05, 3.63) is 91.0 Å². The van der Waals surface area contributed by atoms with Gasteiger partial charge in [-0.25, -0.2) is 0 Å². The smallest absolute Gasteiger partial charge is 0.360 e. The summed E-state index contributed by atoms with van der Waals surface area (Å²) >= 11 is 0. The molecule has 0 amide bonds. The van der Waals surface area contributed by atoms with E-state index in [0.717, 1.165) is 15.6 Å². The summed E-state index contributed by atoms with van der Waals surface area (Å²) in [5.74, 6) is 0. The Morgan fingerprint density at radius 2 is 1.00 bits per heavy atom. The minimum Gasteiger partial charge on any atom is -0.409 e. The largest absolute Gasteiger partial charge is 0.409 e. The van der Waals surface area contributed by atoms with Crippen LogP contribution in [0, 0.1) is 0 Å². The monoisotopic (exact) mass is 454 g/mol. The van der Waals surface area contributed by atoms with Crippen LogP contribution in [-0.2, 0) is 12.7 Å². The molecule has 0 saturated carbocycles. The molecule has 0 aliphatic heterocycles. The predicted octanol–water partition coefficient (Wildman–Crippen LogP) is 2.99. The Balaban J connectivity index is 2.04. The van der Waals surface area contributed by atoms with Gasteiger partial charge in [-0.05, 0) is 42.1 Å². The van der Waals surface area contributed by atoms with E-state index >= 15 is 0 Å². The van der Waals surface area contributed by atoms with Gasteiger partial charge in [-0.3, -0.25) is 0 Å². The summed E-state index contributed by atoms with van der Waals surface area (Å²) in [5.41, 5.74) is 0. The van der Waals surface area contributed by atoms with E-state index in [9.17, 15) is 4.80 Å². The molecular weight excluding hydrogens is 425 g/mol. The van der Waals surface area contributed by atoms with E-state index in [1.807, 2.05) is 98.9 Å². The van der Waals surface area contributed by atoms with Gasteiger partial charge in [0, 0.05) is 6.61 Å². The van der Waals surface area contributed by atoms with E-state index in [1.165, 1.54) is 0 Å².